The minimum atomic E-state index is -1.60. The van der Waals surface area contributed by atoms with Gasteiger partial charge in [-0.25, -0.2) is 28.8 Å². The molecule has 0 aliphatic heterocycles. The standard InChI is InChI=1S/C31H32O13/c1-6-20-15-23(13-14-24(20)21-9-11-22(12-10-21)44-26(33)8-3)40-16-31(17-41-25(32)7-2,18-42-29(36)27(34)38-4)19-43-30(37)28(35)39-5/h7-15H,2-3,6,16-19H2,1,4-5H3. The monoisotopic (exact) mass is 612 g/mol. The first-order valence-electron chi connectivity index (χ1n) is 13.0. The normalized spacial score (nSPS) is 10.4. The number of ether oxygens (including phenoxy) is 7. The first-order chi connectivity index (χ1) is 21.0. The van der Waals surface area contributed by atoms with Gasteiger partial charge in [0.05, 0.1) is 14.2 Å². The Bertz CT molecular complexity index is 1360. The summed E-state index contributed by atoms with van der Waals surface area (Å²) in [6, 6.07) is 12.1. The highest BCUT2D eigenvalue weighted by Crippen LogP contribution is 2.31. The van der Waals surface area contributed by atoms with Crippen molar-refractivity contribution in [2.45, 2.75) is 13.3 Å². The second-order valence-corrected chi connectivity index (χ2v) is 9.06. The molecule has 0 radical (unpaired) electrons. The Morgan fingerprint density at radius 3 is 1.70 bits per heavy atom. The molecule has 0 saturated heterocycles. The number of carbonyl (C=O) groups is 6. The van der Waals surface area contributed by atoms with Gasteiger partial charge in [0.2, 0.25) is 0 Å². The molecule has 0 heterocycles. The summed E-state index contributed by atoms with van der Waals surface area (Å²) >= 11 is 0. The lowest BCUT2D eigenvalue weighted by atomic mass is 9.92. The average molecular weight is 613 g/mol. The summed E-state index contributed by atoms with van der Waals surface area (Å²) in [5, 5.41) is 0. The van der Waals surface area contributed by atoms with E-state index in [0.717, 1.165) is 43.1 Å². The number of methoxy groups -OCH3 is 2. The predicted octanol–water partition coefficient (Wildman–Crippen LogP) is 2.53. The van der Waals surface area contributed by atoms with Gasteiger partial charge in [-0.15, -0.1) is 0 Å². The third-order valence-corrected chi connectivity index (χ3v) is 5.96. The van der Waals surface area contributed by atoms with Crippen molar-refractivity contribution in [2.24, 2.45) is 5.41 Å². The summed E-state index contributed by atoms with van der Waals surface area (Å²) < 4.78 is 35.0. The lowest BCUT2D eigenvalue weighted by Crippen LogP contribution is -2.45. The Morgan fingerprint density at radius 1 is 0.682 bits per heavy atom. The SMILES string of the molecule is C=CC(=O)OCC(COC(=O)C(=O)OC)(COC(=O)C(=O)OC)COc1ccc(-c2ccc(OC(=O)C=C)cc2)c(CC)c1. The van der Waals surface area contributed by atoms with E-state index in [9.17, 15) is 28.8 Å². The molecule has 0 saturated carbocycles. The highest BCUT2D eigenvalue weighted by Gasteiger charge is 2.39. The second-order valence-electron chi connectivity index (χ2n) is 9.06. The summed E-state index contributed by atoms with van der Waals surface area (Å²) in [7, 11) is 1.95. The van der Waals surface area contributed by atoms with Crippen molar-refractivity contribution < 1.29 is 61.9 Å². The number of rotatable bonds is 14. The molecule has 0 bridgehead atoms. The first kappa shape index (κ1) is 34.7. The molecule has 0 N–H and O–H groups in total. The highest BCUT2D eigenvalue weighted by molar-refractivity contribution is 6.30. The summed E-state index contributed by atoms with van der Waals surface area (Å²) in [6.07, 6.45) is 2.54. The van der Waals surface area contributed by atoms with Crippen molar-refractivity contribution >= 4 is 35.8 Å². The Balaban J connectivity index is 2.37. The zero-order valence-corrected chi connectivity index (χ0v) is 24.5. The molecule has 0 atom stereocenters. The zero-order valence-electron chi connectivity index (χ0n) is 24.5. The molecule has 0 spiro atoms. The second kappa shape index (κ2) is 16.9. The summed E-state index contributed by atoms with van der Waals surface area (Å²) in [5.41, 5.74) is 0.973. The Hall–Kier alpha value is -5.46. The molecule has 13 heteroatoms. The predicted molar refractivity (Wildman–Crippen MR) is 152 cm³/mol. The fourth-order valence-electron chi connectivity index (χ4n) is 3.59. The quantitative estimate of drug-likeness (QED) is 0.100. The van der Waals surface area contributed by atoms with Gasteiger partial charge in [-0.2, -0.15) is 0 Å². The molecule has 0 unspecified atom stereocenters. The molecule has 13 nitrogen and oxygen atoms in total. The van der Waals surface area contributed by atoms with Crippen LogP contribution in [0.25, 0.3) is 11.1 Å². The molecule has 2 aromatic carbocycles. The van der Waals surface area contributed by atoms with Crippen LogP contribution in [0.2, 0.25) is 0 Å². The van der Waals surface area contributed by atoms with E-state index in [-0.39, 0.29) is 6.61 Å². The van der Waals surface area contributed by atoms with E-state index in [1.165, 1.54) is 0 Å². The van der Waals surface area contributed by atoms with Crippen molar-refractivity contribution in [3.05, 3.63) is 73.3 Å². The third kappa shape index (κ3) is 10.1. The van der Waals surface area contributed by atoms with E-state index >= 15 is 0 Å². The van der Waals surface area contributed by atoms with Crippen molar-refractivity contribution in [3.8, 4) is 22.6 Å². The van der Waals surface area contributed by atoms with Crippen LogP contribution in [0.15, 0.2) is 67.8 Å². The largest absolute Gasteiger partial charge is 0.493 e. The van der Waals surface area contributed by atoms with Crippen LogP contribution >= 0.6 is 0 Å². The van der Waals surface area contributed by atoms with Crippen LogP contribution in [0, 0.1) is 5.41 Å². The van der Waals surface area contributed by atoms with Gasteiger partial charge in [0.25, 0.3) is 0 Å². The van der Waals surface area contributed by atoms with Crippen LogP contribution in [0.1, 0.15) is 12.5 Å². The zero-order chi connectivity index (χ0) is 32.7. The van der Waals surface area contributed by atoms with Crippen LogP contribution in [-0.2, 0) is 58.9 Å². The molecule has 234 valence electrons. The van der Waals surface area contributed by atoms with Crippen LogP contribution in [-0.4, -0.2) is 76.5 Å². The molecule has 2 rings (SSSR count). The van der Waals surface area contributed by atoms with Crippen LogP contribution in [0.4, 0.5) is 0 Å². The lowest BCUT2D eigenvalue weighted by molar-refractivity contribution is -0.177. The lowest BCUT2D eigenvalue weighted by Gasteiger charge is -2.31. The van der Waals surface area contributed by atoms with Gasteiger partial charge in [0, 0.05) is 12.2 Å². The average Bonchev–Trinajstić information content (AvgIpc) is 3.06. The minimum Gasteiger partial charge on any atom is -0.493 e. The molecule has 0 fully saturated rings. The number of esters is 6. The smallest absolute Gasteiger partial charge is 0.417 e. The van der Waals surface area contributed by atoms with E-state index in [1.807, 2.05) is 6.92 Å². The van der Waals surface area contributed by atoms with Crippen molar-refractivity contribution in [1.82, 2.24) is 0 Å². The molecule has 0 amide bonds. The maximum atomic E-state index is 12.1. The van der Waals surface area contributed by atoms with E-state index in [1.54, 1.807) is 42.5 Å². The first-order valence-corrected chi connectivity index (χ1v) is 13.0. The molecular formula is C31H32O13. The summed E-state index contributed by atoms with van der Waals surface area (Å²) in [5.74, 6) is -6.07. The van der Waals surface area contributed by atoms with Gasteiger partial charge < -0.3 is 33.2 Å². The van der Waals surface area contributed by atoms with Crippen molar-refractivity contribution in [2.75, 3.05) is 40.6 Å². The molecule has 0 aliphatic rings. The van der Waals surface area contributed by atoms with Gasteiger partial charge in [0.15, 0.2) is 0 Å². The number of aryl methyl sites for hydroxylation is 1. The van der Waals surface area contributed by atoms with Gasteiger partial charge in [-0.3, -0.25) is 0 Å². The van der Waals surface area contributed by atoms with E-state index in [4.69, 9.17) is 23.7 Å². The van der Waals surface area contributed by atoms with E-state index in [2.05, 4.69) is 22.6 Å². The summed E-state index contributed by atoms with van der Waals surface area (Å²) in [4.78, 5) is 70.7. The maximum absolute atomic E-state index is 12.1. The van der Waals surface area contributed by atoms with E-state index < -0.39 is 61.1 Å². The Kier molecular flexibility index (Phi) is 13.3. The number of benzene rings is 2. The topological polar surface area (TPSA) is 167 Å². The van der Waals surface area contributed by atoms with Crippen molar-refractivity contribution in [3.63, 3.8) is 0 Å². The van der Waals surface area contributed by atoms with Crippen molar-refractivity contribution in [1.29, 1.82) is 0 Å². The molecule has 44 heavy (non-hydrogen) atoms. The van der Waals surface area contributed by atoms with Gasteiger partial charge >= 0.3 is 35.8 Å². The molecule has 0 aliphatic carbocycles. The fraction of sp³-hybridized carbons (Fsp3) is 0.290. The van der Waals surface area contributed by atoms with Gasteiger partial charge in [-0.05, 0) is 47.4 Å². The van der Waals surface area contributed by atoms with Crippen LogP contribution in [0.3, 0.4) is 0 Å². The van der Waals surface area contributed by atoms with E-state index in [0.29, 0.717) is 17.9 Å². The van der Waals surface area contributed by atoms with Gasteiger partial charge in [-0.1, -0.05) is 38.3 Å². The Labute approximate surface area is 253 Å². The highest BCUT2D eigenvalue weighted by atomic mass is 16.6. The molecule has 2 aromatic rings. The molecular weight excluding hydrogens is 580 g/mol. The number of hydrogen-bond acceptors (Lipinski definition) is 13. The van der Waals surface area contributed by atoms with Crippen LogP contribution in [0.5, 0.6) is 11.5 Å². The summed E-state index contributed by atoms with van der Waals surface area (Å²) in [6.45, 7) is 6.39. The fourth-order valence-corrected chi connectivity index (χ4v) is 3.59. The molecule has 0 aromatic heterocycles. The number of carbonyl (C=O) groups excluding carboxylic acids is 6. The maximum Gasteiger partial charge on any atom is 0.417 e. The Morgan fingerprint density at radius 2 is 1.20 bits per heavy atom. The third-order valence-electron chi connectivity index (χ3n) is 5.96. The van der Waals surface area contributed by atoms with Gasteiger partial charge in [0.1, 0.15) is 43.3 Å². The van der Waals surface area contributed by atoms with Crippen LogP contribution < -0.4 is 9.47 Å². The minimum absolute atomic E-state index is 0.347. The number of hydrogen-bond donors (Lipinski definition) is 0.